The van der Waals surface area contributed by atoms with Gasteiger partial charge in [0.05, 0.1) is 36.3 Å². The van der Waals surface area contributed by atoms with E-state index in [1.165, 1.54) is 0 Å². The molecule has 0 unspecified atom stereocenters. The van der Waals surface area contributed by atoms with Crippen molar-refractivity contribution >= 4 is 16.8 Å². The van der Waals surface area contributed by atoms with Crippen LogP contribution in [-0.2, 0) is 17.8 Å². The number of fused-ring (bicyclic) bond motifs is 1. The maximum Gasteiger partial charge on any atom is 0.252 e. The number of aromatic nitrogens is 3. The van der Waals surface area contributed by atoms with Gasteiger partial charge < -0.3 is 14.6 Å². The SMILES string of the molecule is COCCn1cncc1CNC(=O)c1cc(C)nc2ccc(C)cc12. The van der Waals surface area contributed by atoms with Gasteiger partial charge in [-0.1, -0.05) is 11.6 Å². The molecule has 0 aliphatic carbocycles. The van der Waals surface area contributed by atoms with Crippen LogP contribution in [0.15, 0.2) is 36.8 Å². The number of methoxy groups -OCH3 is 1. The molecule has 1 N–H and O–H groups in total. The van der Waals surface area contributed by atoms with E-state index < -0.39 is 0 Å². The van der Waals surface area contributed by atoms with Crippen molar-refractivity contribution in [1.29, 1.82) is 0 Å². The van der Waals surface area contributed by atoms with Gasteiger partial charge >= 0.3 is 0 Å². The Hall–Kier alpha value is -2.73. The number of benzene rings is 1. The number of carbonyl (C=O) groups excluding carboxylic acids is 1. The van der Waals surface area contributed by atoms with E-state index in [1.807, 2.05) is 42.7 Å². The molecule has 1 amide bonds. The Bertz CT molecular complexity index is 902. The molecule has 25 heavy (non-hydrogen) atoms. The molecule has 2 aromatic heterocycles. The van der Waals surface area contributed by atoms with E-state index in [9.17, 15) is 4.79 Å². The van der Waals surface area contributed by atoms with E-state index in [0.29, 0.717) is 25.3 Å². The highest BCUT2D eigenvalue weighted by molar-refractivity contribution is 6.06. The molecule has 0 atom stereocenters. The summed E-state index contributed by atoms with van der Waals surface area (Å²) in [4.78, 5) is 21.4. The molecule has 0 bridgehead atoms. The van der Waals surface area contributed by atoms with Gasteiger partial charge in [0.2, 0.25) is 0 Å². The van der Waals surface area contributed by atoms with Gasteiger partial charge in [0, 0.05) is 30.9 Å². The summed E-state index contributed by atoms with van der Waals surface area (Å²) >= 11 is 0. The number of imidazole rings is 1. The predicted octanol–water partition coefficient (Wildman–Crippen LogP) is 2.62. The zero-order valence-corrected chi connectivity index (χ0v) is 14.7. The summed E-state index contributed by atoms with van der Waals surface area (Å²) in [6.07, 6.45) is 3.51. The van der Waals surface area contributed by atoms with Crippen LogP contribution in [0.2, 0.25) is 0 Å². The molecular formula is C19H22N4O2. The number of hydrogen-bond acceptors (Lipinski definition) is 4. The van der Waals surface area contributed by atoms with Gasteiger partial charge in [0.1, 0.15) is 0 Å². The summed E-state index contributed by atoms with van der Waals surface area (Å²) in [5.41, 5.74) is 4.35. The van der Waals surface area contributed by atoms with Crippen LogP contribution in [0.25, 0.3) is 10.9 Å². The molecule has 1 aromatic carbocycles. The molecule has 6 heteroatoms. The number of amides is 1. The van der Waals surface area contributed by atoms with Crippen molar-refractivity contribution in [3.63, 3.8) is 0 Å². The van der Waals surface area contributed by atoms with E-state index in [4.69, 9.17) is 4.74 Å². The van der Waals surface area contributed by atoms with E-state index in [2.05, 4.69) is 15.3 Å². The second kappa shape index (κ2) is 7.44. The van der Waals surface area contributed by atoms with Crippen LogP contribution in [-0.4, -0.2) is 34.2 Å². The van der Waals surface area contributed by atoms with Crippen molar-refractivity contribution in [3.05, 3.63) is 59.3 Å². The first kappa shape index (κ1) is 17.1. The highest BCUT2D eigenvalue weighted by Crippen LogP contribution is 2.20. The summed E-state index contributed by atoms with van der Waals surface area (Å²) in [5.74, 6) is -0.111. The summed E-state index contributed by atoms with van der Waals surface area (Å²) in [6, 6.07) is 7.79. The van der Waals surface area contributed by atoms with Gasteiger partial charge in [-0.15, -0.1) is 0 Å². The molecule has 0 saturated carbocycles. The molecule has 3 rings (SSSR count). The average Bonchev–Trinajstić information content (AvgIpc) is 3.05. The Labute approximate surface area is 146 Å². The van der Waals surface area contributed by atoms with Gasteiger partial charge in [-0.05, 0) is 32.0 Å². The first-order chi connectivity index (χ1) is 12.1. The van der Waals surface area contributed by atoms with E-state index in [-0.39, 0.29) is 5.91 Å². The van der Waals surface area contributed by atoms with Gasteiger partial charge in [-0.3, -0.25) is 9.78 Å². The third kappa shape index (κ3) is 3.85. The minimum atomic E-state index is -0.111. The van der Waals surface area contributed by atoms with Crippen LogP contribution < -0.4 is 5.32 Å². The molecule has 0 aliphatic rings. The standard InChI is InChI=1S/C19H22N4O2/c1-13-4-5-18-16(8-13)17(9-14(2)22-18)19(24)21-11-15-10-20-12-23(15)6-7-25-3/h4-5,8-10,12H,6-7,11H2,1-3H3,(H,21,24). The molecule has 0 fully saturated rings. The Balaban J connectivity index is 1.81. The van der Waals surface area contributed by atoms with Crippen molar-refractivity contribution in [3.8, 4) is 0 Å². The first-order valence-electron chi connectivity index (χ1n) is 8.22. The lowest BCUT2D eigenvalue weighted by Gasteiger charge is -2.11. The molecule has 6 nitrogen and oxygen atoms in total. The number of aryl methyl sites for hydroxylation is 2. The van der Waals surface area contributed by atoms with Crippen LogP contribution in [0.3, 0.4) is 0 Å². The smallest absolute Gasteiger partial charge is 0.252 e. The van der Waals surface area contributed by atoms with Crippen molar-refractivity contribution < 1.29 is 9.53 Å². The topological polar surface area (TPSA) is 69.0 Å². The number of pyridine rings is 1. The van der Waals surface area contributed by atoms with Gasteiger partial charge in [0.25, 0.3) is 5.91 Å². The number of nitrogens with one attached hydrogen (secondary N) is 1. The van der Waals surface area contributed by atoms with Crippen molar-refractivity contribution in [1.82, 2.24) is 19.9 Å². The van der Waals surface area contributed by atoms with Crippen LogP contribution in [0, 0.1) is 13.8 Å². The fourth-order valence-electron chi connectivity index (χ4n) is 2.81. The third-order valence-corrected chi connectivity index (χ3v) is 4.10. The largest absolute Gasteiger partial charge is 0.383 e. The predicted molar refractivity (Wildman–Crippen MR) is 96.5 cm³/mol. The number of carbonyl (C=O) groups is 1. The van der Waals surface area contributed by atoms with Crippen molar-refractivity contribution in [2.24, 2.45) is 0 Å². The molecule has 0 aliphatic heterocycles. The summed E-state index contributed by atoms with van der Waals surface area (Å²) in [7, 11) is 1.66. The molecule has 2 heterocycles. The summed E-state index contributed by atoms with van der Waals surface area (Å²) in [5, 5.41) is 3.86. The normalized spacial score (nSPS) is 11.0. The van der Waals surface area contributed by atoms with E-state index >= 15 is 0 Å². The first-order valence-corrected chi connectivity index (χ1v) is 8.22. The zero-order valence-electron chi connectivity index (χ0n) is 14.7. The van der Waals surface area contributed by atoms with E-state index in [1.54, 1.807) is 19.6 Å². The fraction of sp³-hybridized carbons (Fsp3) is 0.316. The number of hydrogen-bond donors (Lipinski definition) is 1. The second-order valence-electron chi connectivity index (χ2n) is 6.09. The van der Waals surface area contributed by atoms with Gasteiger partial charge in [-0.2, -0.15) is 0 Å². The fourth-order valence-corrected chi connectivity index (χ4v) is 2.81. The van der Waals surface area contributed by atoms with Crippen LogP contribution >= 0.6 is 0 Å². The Morgan fingerprint density at radius 1 is 1.28 bits per heavy atom. The molecular weight excluding hydrogens is 316 g/mol. The Morgan fingerprint density at radius 3 is 2.92 bits per heavy atom. The Morgan fingerprint density at radius 2 is 2.12 bits per heavy atom. The molecule has 0 spiro atoms. The number of nitrogens with zero attached hydrogens (tertiary/aromatic N) is 3. The lowest BCUT2D eigenvalue weighted by molar-refractivity contribution is 0.0951. The monoisotopic (exact) mass is 338 g/mol. The maximum absolute atomic E-state index is 12.7. The maximum atomic E-state index is 12.7. The minimum Gasteiger partial charge on any atom is -0.383 e. The van der Waals surface area contributed by atoms with Crippen molar-refractivity contribution in [2.75, 3.05) is 13.7 Å². The zero-order chi connectivity index (χ0) is 17.8. The van der Waals surface area contributed by atoms with Gasteiger partial charge in [-0.25, -0.2) is 4.98 Å². The Kier molecular flexibility index (Phi) is 5.09. The number of ether oxygens (including phenoxy) is 1. The van der Waals surface area contributed by atoms with Crippen LogP contribution in [0.1, 0.15) is 27.3 Å². The molecule has 3 aromatic rings. The highest BCUT2D eigenvalue weighted by Gasteiger charge is 2.13. The minimum absolute atomic E-state index is 0.111. The lowest BCUT2D eigenvalue weighted by Crippen LogP contribution is -2.25. The third-order valence-electron chi connectivity index (χ3n) is 4.10. The molecule has 130 valence electrons. The second-order valence-corrected chi connectivity index (χ2v) is 6.09. The van der Waals surface area contributed by atoms with Crippen LogP contribution in [0.4, 0.5) is 0 Å². The van der Waals surface area contributed by atoms with E-state index in [0.717, 1.165) is 27.9 Å². The summed E-state index contributed by atoms with van der Waals surface area (Å²) < 4.78 is 7.07. The summed E-state index contributed by atoms with van der Waals surface area (Å²) in [6.45, 7) is 5.63. The average molecular weight is 338 g/mol. The van der Waals surface area contributed by atoms with Gasteiger partial charge in [0.15, 0.2) is 0 Å². The lowest BCUT2D eigenvalue weighted by atomic mass is 10.0. The van der Waals surface area contributed by atoms with Crippen molar-refractivity contribution in [2.45, 2.75) is 26.9 Å². The molecule has 0 radical (unpaired) electrons. The van der Waals surface area contributed by atoms with Crippen LogP contribution in [0.5, 0.6) is 0 Å². The quantitative estimate of drug-likeness (QED) is 0.750. The highest BCUT2D eigenvalue weighted by atomic mass is 16.5. The molecule has 0 saturated heterocycles. The number of rotatable bonds is 6.